The van der Waals surface area contributed by atoms with Gasteiger partial charge >= 0.3 is 0 Å². The summed E-state index contributed by atoms with van der Waals surface area (Å²) in [6, 6.07) is 9.89. The molecule has 0 saturated heterocycles. The number of pyridine rings is 1. The second-order valence-corrected chi connectivity index (χ2v) is 9.02. The molecule has 0 radical (unpaired) electrons. The topological polar surface area (TPSA) is 79.4 Å². The molecule has 0 unspecified atom stereocenters. The van der Waals surface area contributed by atoms with Crippen LogP contribution in [0.3, 0.4) is 0 Å². The Kier molecular flexibility index (Phi) is 5.69. The number of amides is 1. The molecule has 140 valence electrons. The van der Waals surface area contributed by atoms with Crippen molar-refractivity contribution in [3.63, 3.8) is 0 Å². The van der Waals surface area contributed by atoms with Crippen LogP contribution in [-0.2, 0) is 16.6 Å². The second-order valence-electron chi connectivity index (χ2n) is 6.09. The van der Waals surface area contributed by atoms with Crippen molar-refractivity contribution < 1.29 is 13.2 Å². The molecular weight excluding hydrogens is 382 g/mol. The van der Waals surface area contributed by atoms with Crippen LogP contribution in [-0.4, -0.2) is 37.7 Å². The molecule has 3 aromatic rings. The van der Waals surface area contributed by atoms with E-state index < -0.39 is 10.0 Å². The van der Waals surface area contributed by atoms with E-state index in [4.69, 9.17) is 0 Å². The van der Waals surface area contributed by atoms with E-state index in [1.54, 1.807) is 23.7 Å². The van der Waals surface area contributed by atoms with E-state index in [-0.39, 0.29) is 10.8 Å². The van der Waals surface area contributed by atoms with Crippen LogP contribution in [0.5, 0.6) is 0 Å². The fourth-order valence-electron chi connectivity index (χ4n) is 2.44. The molecule has 2 aromatic heterocycles. The minimum Gasteiger partial charge on any atom is -0.348 e. The van der Waals surface area contributed by atoms with Crippen molar-refractivity contribution in [2.45, 2.75) is 11.4 Å². The van der Waals surface area contributed by atoms with E-state index in [2.05, 4.69) is 10.3 Å². The van der Waals surface area contributed by atoms with Crippen LogP contribution in [0.25, 0.3) is 11.1 Å². The third-order valence-corrected chi connectivity index (χ3v) is 6.51. The van der Waals surface area contributed by atoms with Gasteiger partial charge in [-0.1, -0.05) is 0 Å². The van der Waals surface area contributed by atoms with E-state index >= 15 is 0 Å². The van der Waals surface area contributed by atoms with Gasteiger partial charge in [0.15, 0.2) is 0 Å². The molecule has 8 heteroatoms. The number of nitrogens with zero attached hydrogens (tertiary/aromatic N) is 2. The van der Waals surface area contributed by atoms with Gasteiger partial charge in [-0.3, -0.25) is 9.78 Å². The Labute approximate surface area is 162 Å². The molecule has 2 heterocycles. The third-order valence-electron chi connectivity index (χ3n) is 4.00. The van der Waals surface area contributed by atoms with Crippen molar-refractivity contribution in [1.29, 1.82) is 0 Å². The van der Waals surface area contributed by atoms with Gasteiger partial charge in [-0.2, -0.15) is 11.3 Å². The number of aromatic nitrogens is 1. The number of benzene rings is 1. The standard InChI is InChI=1S/C19H19N3O3S2/c1-22(2)27(24,25)18-5-3-15(4-6-18)19(23)21-11-14-9-17(12-20-10-14)16-7-8-26-13-16/h3-10,12-13H,11H2,1-2H3,(H,21,23). The van der Waals surface area contributed by atoms with Crippen LogP contribution in [0.1, 0.15) is 15.9 Å². The van der Waals surface area contributed by atoms with E-state index in [1.807, 2.05) is 22.9 Å². The van der Waals surface area contributed by atoms with Gasteiger partial charge in [0.2, 0.25) is 10.0 Å². The van der Waals surface area contributed by atoms with Crippen LogP contribution in [0, 0.1) is 0 Å². The fraction of sp³-hybridized carbons (Fsp3) is 0.158. The first-order chi connectivity index (χ1) is 12.9. The Morgan fingerprint density at radius 2 is 1.85 bits per heavy atom. The smallest absolute Gasteiger partial charge is 0.251 e. The predicted molar refractivity (Wildman–Crippen MR) is 106 cm³/mol. The summed E-state index contributed by atoms with van der Waals surface area (Å²) in [6.07, 6.45) is 3.50. The number of thiophene rings is 1. The Balaban J connectivity index is 1.67. The van der Waals surface area contributed by atoms with Gasteiger partial charge in [0.1, 0.15) is 0 Å². The molecule has 0 aliphatic rings. The van der Waals surface area contributed by atoms with Crippen molar-refractivity contribution in [2.75, 3.05) is 14.1 Å². The first kappa shape index (κ1) is 19.2. The average molecular weight is 402 g/mol. The lowest BCUT2D eigenvalue weighted by atomic mass is 10.1. The summed E-state index contributed by atoms with van der Waals surface area (Å²) in [4.78, 5) is 16.7. The summed E-state index contributed by atoms with van der Waals surface area (Å²) in [5, 5.41) is 6.88. The molecule has 0 atom stereocenters. The molecule has 1 amide bonds. The number of hydrogen-bond acceptors (Lipinski definition) is 5. The number of hydrogen-bond donors (Lipinski definition) is 1. The number of carbonyl (C=O) groups excluding carboxylic acids is 1. The highest BCUT2D eigenvalue weighted by atomic mass is 32.2. The van der Waals surface area contributed by atoms with Gasteiger partial charge in [-0.15, -0.1) is 0 Å². The SMILES string of the molecule is CN(C)S(=O)(=O)c1ccc(C(=O)NCc2cncc(-c3ccsc3)c2)cc1. The largest absolute Gasteiger partial charge is 0.348 e. The molecule has 3 rings (SSSR count). The van der Waals surface area contributed by atoms with Crippen molar-refractivity contribution in [1.82, 2.24) is 14.6 Å². The van der Waals surface area contributed by atoms with E-state index in [0.29, 0.717) is 12.1 Å². The van der Waals surface area contributed by atoms with Crippen LogP contribution < -0.4 is 5.32 Å². The van der Waals surface area contributed by atoms with Gasteiger partial charge in [0.25, 0.3) is 5.91 Å². The lowest BCUT2D eigenvalue weighted by Gasteiger charge is -2.11. The molecule has 1 N–H and O–H groups in total. The molecule has 27 heavy (non-hydrogen) atoms. The maximum Gasteiger partial charge on any atom is 0.251 e. The van der Waals surface area contributed by atoms with Crippen molar-refractivity contribution in [2.24, 2.45) is 0 Å². The zero-order valence-electron chi connectivity index (χ0n) is 14.9. The maximum absolute atomic E-state index is 12.3. The molecule has 1 aromatic carbocycles. The van der Waals surface area contributed by atoms with Gasteiger partial charge < -0.3 is 5.32 Å². The lowest BCUT2D eigenvalue weighted by molar-refractivity contribution is 0.0951. The monoisotopic (exact) mass is 401 g/mol. The molecule has 0 aliphatic carbocycles. The number of nitrogens with one attached hydrogen (secondary N) is 1. The molecule has 0 bridgehead atoms. The van der Waals surface area contributed by atoms with Crippen molar-refractivity contribution in [3.8, 4) is 11.1 Å². The van der Waals surface area contributed by atoms with Gasteiger partial charge in [0, 0.05) is 44.2 Å². The van der Waals surface area contributed by atoms with E-state index in [9.17, 15) is 13.2 Å². The van der Waals surface area contributed by atoms with Crippen molar-refractivity contribution >= 4 is 27.3 Å². The van der Waals surface area contributed by atoms with Crippen LogP contribution in [0.15, 0.2) is 64.4 Å². The number of sulfonamides is 1. The van der Waals surface area contributed by atoms with Crippen LogP contribution >= 0.6 is 11.3 Å². The van der Waals surface area contributed by atoms with E-state index in [1.165, 1.54) is 38.4 Å². The summed E-state index contributed by atoms with van der Waals surface area (Å²) in [6.45, 7) is 0.335. The molecular formula is C19H19N3O3S2. The van der Waals surface area contributed by atoms with Crippen LogP contribution in [0.4, 0.5) is 0 Å². The second kappa shape index (κ2) is 7.99. The highest BCUT2D eigenvalue weighted by molar-refractivity contribution is 7.89. The Morgan fingerprint density at radius 1 is 1.11 bits per heavy atom. The van der Waals surface area contributed by atoms with Crippen molar-refractivity contribution in [3.05, 3.63) is 70.7 Å². The average Bonchev–Trinajstić information content (AvgIpc) is 3.21. The summed E-state index contributed by atoms with van der Waals surface area (Å²) in [7, 11) is -0.574. The molecule has 0 fully saturated rings. The minimum absolute atomic E-state index is 0.150. The highest BCUT2D eigenvalue weighted by Crippen LogP contribution is 2.22. The quantitative estimate of drug-likeness (QED) is 0.689. The first-order valence-corrected chi connectivity index (χ1v) is 10.5. The van der Waals surface area contributed by atoms with Gasteiger partial charge in [-0.05, 0) is 58.3 Å². The summed E-state index contributed by atoms with van der Waals surface area (Å²) >= 11 is 1.62. The summed E-state index contributed by atoms with van der Waals surface area (Å²) in [5.41, 5.74) is 3.38. The van der Waals surface area contributed by atoms with Gasteiger partial charge in [0.05, 0.1) is 4.90 Å². The Hall–Kier alpha value is -2.55. The Morgan fingerprint density at radius 3 is 2.48 bits per heavy atom. The number of rotatable bonds is 6. The molecule has 6 nitrogen and oxygen atoms in total. The third kappa shape index (κ3) is 4.41. The minimum atomic E-state index is -3.51. The maximum atomic E-state index is 12.3. The van der Waals surface area contributed by atoms with Crippen LogP contribution in [0.2, 0.25) is 0 Å². The predicted octanol–water partition coefficient (Wildman–Crippen LogP) is 2.99. The van der Waals surface area contributed by atoms with E-state index in [0.717, 1.165) is 21.0 Å². The molecule has 0 aliphatic heterocycles. The number of carbonyl (C=O) groups is 1. The summed E-state index contributed by atoms with van der Waals surface area (Å²) in [5.74, 6) is -0.273. The Bertz CT molecular complexity index is 1030. The highest BCUT2D eigenvalue weighted by Gasteiger charge is 2.17. The first-order valence-electron chi connectivity index (χ1n) is 8.15. The summed E-state index contributed by atoms with van der Waals surface area (Å²) < 4.78 is 25.3. The van der Waals surface area contributed by atoms with Gasteiger partial charge in [-0.25, -0.2) is 12.7 Å². The molecule has 0 spiro atoms. The zero-order chi connectivity index (χ0) is 19.4. The fourth-order valence-corrected chi connectivity index (χ4v) is 4.01. The zero-order valence-corrected chi connectivity index (χ0v) is 16.5. The lowest BCUT2D eigenvalue weighted by Crippen LogP contribution is -2.24. The normalized spacial score (nSPS) is 11.5. The molecule has 0 saturated carbocycles.